The number of benzene rings is 2. The molecule has 29 heavy (non-hydrogen) atoms. The fourth-order valence-corrected chi connectivity index (χ4v) is 3.44. The Hall–Kier alpha value is -3.18. The summed E-state index contributed by atoms with van der Waals surface area (Å²) in [5.74, 6) is -0.641. The summed E-state index contributed by atoms with van der Waals surface area (Å²) in [5, 5.41) is 7.68. The molecule has 3 rings (SSSR count). The number of rotatable bonds is 6. The summed E-state index contributed by atoms with van der Waals surface area (Å²) in [6, 6.07) is 18.9. The van der Waals surface area contributed by atoms with Gasteiger partial charge in [0.1, 0.15) is 5.70 Å². The van der Waals surface area contributed by atoms with Gasteiger partial charge in [-0.2, -0.15) is 0 Å². The first-order valence-electron chi connectivity index (χ1n) is 9.43. The monoisotopic (exact) mass is 404 g/mol. The van der Waals surface area contributed by atoms with Gasteiger partial charge in [-0.1, -0.05) is 53.6 Å². The summed E-state index contributed by atoms with van der Waals surface area (Å²) in [4.78, 5) is 26.5. The zero-order valence-corrected chi connectivity index (χ0v) is 17.5. The van der Waals surface area contributed by atoms with Gasteiger partial charge in [-0.15, -0.1) is 11.3 Å². The fraction of sp³-hybridized carbons (Fsp3) is 0.167. The summed E-state index contributed by atoms with van der Waals surface area (Å²) in [7, 11) is 0. The lowest BCUT2D eigenvalue weighted by atomic mass is 10.1. The smallest absolute Gasteiger partial charge is 0.268 e. The van der Waals surface area contributed by atoms with E-state index in [2.05, 4.69) is 10.6 Å². The van der Waals surface area contributed by atoms with Crippen LogP contribution >= 0.6 is 11.3 Å². The van der Waals surface area contributed by atoms with E-state index >= 15 is 0 Å². The van der Waals surface area contributed by atoms with E-state index in [-0.39, 0.29) is 23.6 Å². The largest absolute Gasteiger partial charge is 0.344 e. The maximum atomic E-state index is 13.0. The minimum atomic E-state index is -0.327. The zero-order valence-electron chi connectivity index (χ0n) is 16.7. The van der Waals surface area contributed by atoms with Gasteiger partial charge in [0.25, 0.3) is 11.8 Å². The molecule has 0 saturated heterocycles. The van der Waals surface area contributed by atoms with E-state index in [0.717, 1.165) is 21.6 Å². The summed E-state index contributed by atoms with van der Waals surface area (Å²) in [6.07, 6.45) is 1.70. The molecule has 0 saturated carbocycles. The number of hydrogen-bond donors (Lipinski definition) is 2. The Morgan fingerprint density at radius 3 is 2.14 bits per heavy atom. The van der Waals surface area contributed by atoms with E-state index in [4.69, 9.17) is 0 Å². The van der Waals surface area contributed by atoms with E-state index in [1.54, 1.807) is 18.2 Å². The van der Waals surface area contributed by atoms with Gasteiger partial charge in [0.2, 0.25) is 0 Å². The highest BCUT2D eigenvalue weighted by Gasteiger charge is 2.17. The van der Waals surface area contributed by atoms with Gasteiger partial charge >= 0.3 is 0 Å². The van der Waals surface area contributed by atoms with Crippen LogP contribution in [0.4, 0.5) is 0 Å². The number of carbonyl (C=O) groups is 2. The van der Waals surface area contributed by atoms with E-state index in [0.29, 0.717) is 5.56 Å². The van der Waals surface area contributed by atoms with Crippen molar-refractivity contribution in [3.8, 4) is 0 Å². The molecular formula is C24H24N2O2S. The third kappa shape index (κ3) is 5.65. The van der Waals surface area contributed by atoms with E-state index in [1.807, 2.05) is 74.7 Å². The second-order valence-electron chi connectivity index (χ2n) is 7.00. The molecule has 4 nitrogen and oxygen atoms in total. The Balaban J connectivity index is 1.79. The Labute approximate surface area is 175 Å². The quantitative estimate of drug-likeness (QED) is 0.567. The third-order valence-corrected chi connectivity index (χ3v) is 5.38. The first-order valence-corrected chi connectivity index (χ1v) is 10.3. The predicted molar refractivity (Wildman–Crippen MR) is 119 cm³/mol. The lowest BCUT2D eigenvalue weighted by molar-refractivity contribution is -0.118. The van der Waals surface area contributed by atoms with Crippen molar-refractivity contribution in [3.05, 3.63) is 98.9 Å². The molecule has 5 heteroatoms. The van der Waals surface area contributed by atoms with Crippen LogP contribution < -0.4 is 10.6 Å². The van der Waals surface area contributed by atoms with E-state index in [9.17, 15) is 9.59 Å². The molecule has 148 valence electrons. The summed E-state index contributed by atoms with van der Waals surface area (Å²) in [5.41, 5.74) is 3.96. The van der Waals surface area contributed by atoms with Crippen LogP contribution in [0.25, 0.3) is 6.08 Å². The Morgan fingerprint density at radius 1 is 0.931 bits per heavy atom. The van der Waals surface area contributed by atoms with Crippen molar-refractivity contribution in [3.63, 3.8) is 0 Å². The molecule has 2 N–H and O–H groups in total. The van der Waals surface area contributed by atoms with Gasteiger partial charge in [-0.25, -0.2) is 0 Å². The van der Waals surface area contributed by atoms with Crippen molar-refractivity contribution in [2.24, 2.45) is 0 Å². The highest BCUT2D eigenvalue weighted by atomic mass is 32.1. The number of aryl methyl sites for hydroxylation is 2. The van der Waals surface area contributed by atoms with E-state index < -0.39 is 0 Å². The van der Waals surface area contributed by atoms with Gasteiger partial charge < -0.3 is 10.6 Å². The van der Waals surface area contributed by atoms with Gasteiger partial charge in [0.15, 0.2) is 0 Å². The predicted octanol–water partition coefficient (Wildman–Crippen LogP) is 5.01. The number of hydrogen-bond acceptors (Lipinski definition) is 3. The van der Waals surface area contributed by atoms with Crippen molar-refractivity contribution in [1.29, 1.82) is 0 Å². The van der Waals surface area contributed by atoms with Crippen LogP contribution in [0.5, 0.6) is 0 Å². The Morgan fingerprint density at radius 2 is 1.55 bits per heavy atom. The SMILES string of the molecule is Cc1ccc(C(=O)N/C(=C\c2cccs2)C(=O)N[C@@H](C)c2ccc(C)cc2)cc1. The van der Waals surface area contributed by atoms with Gasteiger partial charge in [0, 0.05) is 10.4 Å². The molecule has 0 bridgehead atoms. The first-order chi connectivity index (χ1) is 13.9. The normalized spacial score (nSPS) is 12.3. The van der Waals surface area contributed by atoms with Gasteiger partial charge in [-0.3, -0.25) is 9.59 Å². The van der Waals surface area contributed by atoms with Gasteiger partial charge in [-0.05, 0) is 56.0 Å². The highest BCUT2D eigenvalue weighted by Crippen LogP contribution is 2.16. The minimum absolute atomic E-state index is 0.189. The molecule has 0 aliphatic rings. The van der Waals surface area contributed by atoms with Crippen molar-refractivity contribution in [2.75, 3.05) is 0 Å². The molecule has 1 heterocycles. The molecule has 3 aromatic rings. The second-order valence-corrected chi connectivity index (χ2v) is 7.98. The first kappa shape index (κ1) is 20.6. The maximum Gasteiger partial charge on any atom is 0.268 e. The van der Waals surface area contributed by atoms with Crippen LogP contribution in [-0.2, 0) is 4.79 Å². The van der Waals surface area contributed by atoms with Crippen molar-refractivity contribution in [1.82, 2.24) is 10.6 Å². The van der Waals surface area contributed by atoms with Crippen LogP contribution in [0.2, 0.25) is 0 Å². The molecular weight excluding hydrogens is 380 g/mol. The molecule has 0 fully saturated rings. The zero-order chi connectivity index (χ0) is 20.8. The van der Waals surface area contributed by atoms with Crippen molar-refractivity contribution in [2.45, 2.75) is 26.8 Å². The van der Waals surface area contributed by atoms with Crippen LogP contribution in [0.3, 0.4) is 0 Å². The van der Waals surface area contributed by atoms with Crippen LogP contribution in [0.15, 0.2) is 71.7 Å². The molecule has 2 aromatic carbocycles. The molecule has 2 amide bonds. The standard InChI is InChI=1S/C24H24N2O2S/c1-16-6-10-19(11-7-16)18(3)25-24(28)22(15-21-5-4-14-29-21)26-23(27)20-12-8-17(2)9-13-20/h4-15,18H,1-3H3,(H,25,28)(H,26,27)/b22-15-/t18-/m0/s1. The molecule has 0 radical (unpaired) electrons. The fourth-order valence-electron chi connectivity index (χ4n) is 2.79. The highest BCUT2D eigenvalue weighted by molar-refractivity contribution is 7.10. The lowest BCUT2D eigenvalue weighted by Crippen LogP contribution is -2.36. The third-order valence-electron chi connectivity index (χ3n) is 4.56. The average Bonchev–Trinajstić information content (AvgIpc) is 3.21. The Kier molecular flexibility index (Phi) is 6.62. The number of carbonyl (C=O) groups excluding carboxylic acids is 2. The summed E-state index contributed by atoms with van der Waals surface area (Å²) < 4.78 is 0. The summed E-state index contributed by atoms with van der Waals surface area (Å²) >= 11 is 1.50. The molecule has 0 unspecified atom stereocenters. The summed E-state index contributed by atoms with van der Waals surface area (Å²) in [6.45, 7) is 5.91. The molecule has 0 aliphatic heterocycles. The minimum Gasteiger partial charge on any atom is -0.344 e. The van der Waals surface area contributed by atoms with Gasteiger partial charge in [0.05, 0.1) is 6.04 Å². The van der Waals surface area contributed by atoms with Crippen molar-refractivity contribution < 1.29 is 9.59 Å². The topological polar surface area (TPSA) is 58.2 Å². The molecule has 0 aliphatic carbocycles. The maximum absolute atomic E-state index is 13.0. The number of thiophene rings is 1. The molecule has 1 aromatic heterocycles. The van der Waals surface area contributed by atoms with Crippen LogP contribution in [0, 0.1) is 13.8 Å². The van der Waals surface area contributed by atoms with E-state index in [1.165, 1.54) is 11.3 Å². The van der Waals surface area contributed by atoms with Crippen LogP contribution in [0.1, 0.15) is 44.9 Å². The lowest BCUT2D eigenvalue weighted by Gasteiger charge is -2.17. The van der Waals surface area contributed by atoms with Crippen LogP contribution in [-0.4, -0.2) is 11.8 Å². The molecule has 1 atom stereocenters. The van der Waals surface area contributed by atoms with Crippen molar-refractivity contribution >= 4 is 29.2 Å². The molecule has 0 spiro atoms. The number of nitrogens with one attached hydrogen (secondary N) is 2. The Bertz CT molecular complexity index is 1000. The number of amides is 2. The second kappa shape index (κ2) is 9.34. The average molecular weight is 405 g/mol.